The van der Waals surface area contributed by atoms with Crippen molar-refractivity contribution < 1.29 is 9.53 Å². The second-order valence-electron chi connectivity index (χ2n) is 3.37. The Bertz CT molecular complexity index is 167. The molecule has 0 aromatic rings. The number of ether oxygens (including phenoxy) is 1. The number of rotatable bonds is 3. The molecular weight excluding hydrogens is 168 g/mol. The number of hydrogen-bond acceptors (Lipinski definition) is 3. The zero-order valence-corrected chi connectivity index (χ0v) is 8.16. The topological polar surface area (TPSA) is 55.6 Å². The van der Waals surface area contributed by atoms with Gasteiger partial charge < -0.3 is 15.4 Å². The third-order valence-electron chi connectivity index (χ3n) is 2.32. The Morgan fingerprint density at radius 3 is 2.69 bits per heavy atom. The van der Waals surface area contributed by atoms with Crippen molar-refractivity contribution in [2.45, 2.75) is 25.8 Å². The molecule has 4 nitrogen and oxygen atoms in total. The molecule has 2 N–H and O–H groups in total. The maximum Gasteiger partial charge on any atom is 0.224 e. The summed E-state index contributed by atoms with van der Waals surface area (Å²) >= 11 is 0. The predicted octanol–water partition coefficient (Wildman–Crippen LogP) is -0.0274. The van der Waals surface area contributed by atoms with E-state index in [9.17, 15) is 4.79 Å². The first kappa shape index (κ1) is 10.5. The van der Waals surface area contributed by atoms with E-state index in [-0.39, 0.29) is 11.9 Å². The number of amides is 1. The van der Waals surface area contributed by atoms with Gasteiger partial charge in [0.15, 0.2) is 0 Å². The van der Waals surface area contributed by atoms with Crippen molar-refractivity contribution in [1.29, 1.82) is 0 Å². The Morgan fingerprint density at radius 2 is 2.15 bits per heavy atom. The zero-order chi connectivity index (χ0) is 9.68. The molecule has 1 heterocycles. The van der Waals surface area contributed by atoms with Crippen LogP contribution in [0.2, 0.25) is 0 Å². The summed E-state index contributed by atoms with van der Waals surface area (Å²) < 4.78 is 5.16. The molecule has 0 radical (unpaired) electrons. The summed E-state index contributed by atoms with van der Waals surface area (Å²) in [7, 11) is 0. The van der Waals surface area contributed by atoms with Crippen LogP contribution in [-0.2, 0) is 9.53 Å². The van der Waals surface area contributed by atoms with E-state index in [1.165, 1.54) is 0 Å². The van der Waals surface area contributed by atoms with Crippen molar-refractivity contribution in [2.75, 3.05) is 26.3 Å². The zero-order valence-electron chi connectivity index (χ0n) is 8.16. The van der Waals surface area contributed by atoms with Crippen molar-refractivity contribution in [2.24, 2.45) is 5.73 Å². The number of carbonyl (C=O) groups excluding carboxylic acids is 1. The minimum atomic E-state index is 0.00958. The van der Waals surface area contributed by atoms with E-state index in [2.05, 4.69) is 0 Å². The van der Waals surface area contributed by atoms with E-state index in [0.717, 1.165) is 19.5 Å². The van der Waals surface area contributed by atoms with Gasteiger partial charge in [0, 0.05) is 25.6 Å². The summed E-state index contributed by atoms with van der Waals surface area (Å²) in [6.45, 7) is 4.75. The molecule has 76 valence electrons. The third kappa shape index (κ3) is 3.32. The quantitative estimate of drug-likeness (QED) is 0.673. The van der Waals surface area contributed by atoms with Crippen LogP contribution < -0.4 is 5.73 Å². The molecule has 0 saturated carbocycles. The van der Waals surface area contributed by atoms with E-state index in [0.29, 0.717) is 19.6 Å². The highest BCUT2D eigenvalue weighted by Crippen LogP contribution is 2.03. The lowest BCUT2D eigenvalue weighted by Crippen LogP contribution is -2.42. The van der Waals surface area contributed by atoms with Gasteiger partial charge in [-0.15, -0.1) is 0 Å². The van der Waals surface area contributed by atoms with Gasteiger partial charge in [0.25, 0.3) is 0 Å². The van der Waals surface area contributed by atoms with Gasteiger partial charge in [-0.25, -0.2) is 0 Å². The average molecular weight is 186 g/mol. The minimum absolute atomic E-state index is 0.00958. The second-order valence-corrected chi connectivity index (χ2v) is 3.37. The first-order chi connectivity index (χ1) is 6.24. The van der Waals surface area contributed by atoms with Gasteiger partial charge in [0.05, 0.1) is 13.2 Å². The van der Waals surface area contributed by atoms with Crippen molar-refractivity contribution >= 4 is 5.91 Å². The Labute approximate surface area is 79.0 Å². The minimum Gasteiger partial charge on any atom is -0.378 e. The molecule has 0 spiro atoms. The lowest BCUT2D eigenvalue weighted by molar-refractivity contribution is -0.135. The molecule has 0 aromatic carbocycles. The number of hydrogen-bond donors (Lipinski definition) is 1. The Hall–Kier alpha value is -0.610. The highest BCUT2D eigenvalue weighted by molar-refractivity contribution is 5.76. The van der Waals surface area contributed by atoms with Gasteiger partial charge in [-0.1, -0.05) is 6.92 Å². The van der Waals surface area contributed by atoms with Crippen LogP contribution in [0.15, 0.2) is 0 Å². The Balaban J connectivity index is 2.29. The summed E-state index contributed by atoms with van der Waals surface area (Å²) in [5.74, 6) is 0.164. The number of carbonyl (C=O) groups is 1. The van der Waals surface area contributed by atoms with Crippen molar-refractivity contribution in [3.05, 3.63) is 0 Å². The van der Waals surface area contributed by atoms with Gasteiger partial charge >= 0.3 is 0 Å². The second kappa shape index (κ2) is 5.19. The maximum atomic E-state index is 11.6. The molecule has 1 aliphatic rings. The predicted molar refractivity (Wildman–Crippen MR) is 50.3 cm³/mol. The lowest BCUT2D eigenvalue weighted by atomic mass is 10.1. The van der Waals surface area contributed by atoms with Gasteiger partial charge in [-0.05, 0) is 6.42 Å². The molecule has 1 amide bonds. The van der Waals surface area contributed by atoms with E-state index in [4.69, 9.17) is 10.5 Å². The van der Waals surface area contributed by atoms with Gasteiger partial charge in [-0.2, -0.15) is 0 Å². The monoisotopic (exact) mass is 186 g/mol. The van der Waals surface area contributed by atoms with Crippen LogP contribution in [0.3, 0.4) is 0 Å². The molecule has 1 fully saturated rings. The molecule has 1 saturated heterocycles. The van der Waals surface area contributed by atoms with E-state index >= 15 is 0 Å². The Kier molecular flexibility index (Phi) is 4.18. The molecule has 1 aliphatic heterocycles. The number of nitrogens with two attached hydrogens (primary N) is 1. The van der Waals surface area contributed by atoms with Crippen LogP contribution in [0, 0.1) is 0 Å². The fourth-order valence-electron chi connectivity index (χ4n) is 1.31. The van der Waals surface area contributed by atoms with Crippen LogP contribution in [-0.4, -0.2) is 43.2 Å². The van der Waals surface area contributed by atoms with E-state index < -0.39 is 0 Å². The molecule has 0 aliphatic carbocycles. The third-order valence-corrected chi connectivity index (χ3v) is 2.32. The van der Waals surface area contributed by atoms with Crippen LogP contribution in [0.4, 0.5) is 0 Å². The van der Waals surface area contributed by atoms with Crippen molar-refractivity contribution in [1.82, 2.24) is 4.90 Å². The molecule has 0 bridgehead atoms. The highest BCUT2D eigenvalue weighted by Gasteiger charge is 2.18. The first-order valence-corrected chi connectivity index (χ1v) is 4.85. The smallest absolute Gasteiger partial charge is 0.224 e. The van der Waals surface area contributed by atoms with Gasteiger partial charge in [0.2, 0.25) is 5.91 Å². The summed E-state index contributed by atoms with van der Waals surface area (Å²) in [6, 6.07) is 0.00958. The molecule has 0 aromatic heterocycles. The largest absolute Gasteiger partial charge is 0.378 e. The van der Waals surface area contributed by atoms with Crippen LogP contribution in [0.1, 0.15) is 19.8 Å². The lowest BCUT2D eigenvalue weighted by Gasteiger charge is -2.27. The fourth-order valence-corrected chi connectivity index (χ4v) is 1.31. The van der Waals surface area contributed by atoms with Crippen LogP contribution in [0.25, 0.3) is 0 Å². The van der Waals surface area contributed by atoms with Crippen molar-refractivity contribution in [3.8, 4) is 0 Å². The molecule has 1 unspecified atom stereocenters. The van der Waals surface area contributed by atoms with Crippen LogP contribution in [0.5, 0.6) is 0 Å². The normalized spacial score (nSPS) is 20.0. The molecule has 1 rings (SSSR count). The van der Waals surface area contributed by atoms with Crippen molar-refractivity contribution in [3.63, 3.8) is 0 Å². The number of morpholine rings is 1. The first-order valence-electron chi connectivity index (χ1n) is 4.85. The molecule has 1 atom stereocenters. The standard InChI is InChI=1S/C9H18N2O2/c1-2-8(10)7-9(12)11-3-5-13-6-4-11/h8H,2-7,10H2,1H3. The highest BCUT2D eigenvalue weighted by atomic mass is 16.5. The van der Waals surface area contributed by atoms with Gasteiger partial charge in [0.1, 0.15) is 0 Å². The fraction of sp³-hybridized carbons (Fsp3) is 0.889. The van der Waals surface area contributed by atoms with Gasteiger partial charge in [-0.3, -0.25) is 4.79 Å². The molecule has 4 heteroatoms. The van der Waals surface area contributed by atoms with Crippen LogP contribution >= 0.6 is 0 Å². The van der Waals surface area contributed by atoms with E-state index in [1.807, 2.05) is 11.8 Å². The molecule has 13 heavy (non-hydrogen) atoms. The summed E-state index contributed by atoms with van der Waals surface area (Å²) in [6.07, 6.45) is 1.33. The molecular formula is C9H18N2O2. The Morgan fingerprint density at radius 1 is 1.54 bits per heavy atom. The summed E-state index contributed by atoms with van der Waals surface area (Å²) in [4.78, 5) is 13.4. The summed E-state index contributed by atoms with van der Waals surface area (Å²) in [5, 5.41) is 0. The summed E-state index contributed by atoms with van der Waals surface area (Å²) in [5.41, 5.74) is 5.70. The number of nitrogens with zero attached hydrogens (tertiary/aromatic N) is 1. The average Bonchev–Trinajstić information content (AvgIpc) is 2.19. The maximum absolute atomic E-state index is 11.6. The SMILES string of the molecule is CCC(N)CC(=O)N1CCOCC1. The van der Waals surface area contributed by atoms with E-state index in [1.54, 1.807) is 0 Å².